The number of anilines is 1. The van der Waals surface area contributed by atoms with Crippen LogP contribution in [0, 0.1) is 0 Å². The van der Waals surface area contributed by atoms with Crippen molar-refractivity contribution in [3.05, 3.63) is 30.3 Å². The first kappa shape index (κ1) is 9.71. The van der Waals surface area contributed by atoms with Crippen LogP contribution in [0.4, 0.5) is 5.82 Å². The maximum absolute atomic E-state index is 5.34. The molecule has 78 valence electrons. The minimum Gasteiger partial charge on any atom is -0.463 e. The monoisotopic (exact) mass is 203 g/mol. The predicted octanol–water partition coefficient (Wildman–Crippen LogP) is 2.34. The Hall–Kier alpha value is -1.84. The third kappa shape index (κ3) is 1.70. The molecule has 15 heavy (non-hydrogen) atoms. The van der Waals surface area contributed by atoms with E-state index in [0.717, 1.165) is 29.3 Å². The van der Waals surface area contributed by atoms with Crippen LogP contribution >= 0.6 is 0 Å². The van der Waals surface area contributed by atoms with Crippen molar-refractivity contribution in [2.75, 3.05) is 12.4 Å². The van der Waals surface area contributed by atoms with E-state index in [1.54, 1.807) is 12.6 Å². The highest BCUT2D eigenvalue weighted by atomic mass is 16.3. The predicted molar refractivity (Wildman–Crippen MR) is 58.7 cm³/mol. The van der Waals surface area contributed by atoms with Crippen LogP contribution in [0.5, 0.6) is 0 Å². The molecule has 2 aromatic heterocycles. The van der Waals surface area contributed by atoms with Gasteiger partial charge in [-0.2, -0.15) is 0 Å². The molecule has 0 unspecified atom stereocenters. The summed E-state index contributed by atoms with van der Waals surface area (Å²) in [6.45, 7) is 2.08. The summed E-state index contributed by atoms with van der Waals surface area (Å²) < 4.78 is 5.34. The van der Waals surface area contributed by atoms with Crippen LogP contribution < -0.4 is 5.32 Å². The molecule has 0 aromatic carbocycles. The van der Waals surface area contributed by atoms with Crippen LogP contribution in [0.2, 0.25) is 0 Å². The maximum Gasteiger partial charge on any atom is 0.152 e. The molecular formula is C11H13N3O. The largest absolute Gasteiger partial charge is 0.463 e. The van der Waals surface area contributed by atoms with E-state index < -0.39 is 0 Å². The van der Waals surface area contributed by atoms with Crippen molar-refractivity contribution in [2.45, 2.75) is 13.3 Å². The van der Waals surface area contributed by atoms with E-state index >= 15 is 0 Å². The lowest BCUT2D eigenvalue weighted by Gasteiger charge is -2.08. The fourth-order valence-corrected chi connectivity index (χ4v) is 1.59. The highest BCUT2D eigenvalue weighted by Crippen LogP contribution is 2.25. The Kier molecular flexibility index (Phi) is 2.67. The van der Waals surface area contributed by atoms with Gasteiger partial charge in [0.1, 0.15) is 17.8 Å². The summed E-state index contributed by atoms with van der Waals surface area (Å²) in [7, 11) is 1.85. The second kappa shape index (κ2) is 4.13. The van der Waals surface area contributed by atoms with Crippen LogP contribution in [0.15, 0.2) is 29.1 Å². The summed E-state index contributed by atoms with van der Waals surface area (Å²) in [6.07, 6.45) is 4.06. The summed E-state index contributed by atoms with van der Waals surface area (Å²) in [5.74, 6) is 1.64. The third-order valence-electron chi connectivity index (χ3n) is 2.29. The van der Waals surface area contributed by atoms with Crippen molar-refractivity contribution in [3.63, 3.8) is 0 Å². The first-order valence-electron chi connectivity index (χ1n) is 4.92. The van der Waals surface area contributed by atoms with Gasteiger partial charge in [-0.25, -0.2) is 9.97 Å². The topological polar surface area (TPSA) is 51.0 Å². The minimum absolute atomic E-state index is 0.783. The molecule has 2 rings (SSSR count). The molecule has 0 radical (unpaired) electrons. The maximum atomic E-state index is 5.34. The Morgan fingerprint density at radius 1 is 1.40 bits per heavy atom. The van der Waals surface area contributed by atoms with Crippen molar-refractivity contribution in [3.8, 4) is 11.5 Å². The van der Waals surface area contributed by atoms with Crippen LogP contribution in [0.1, 0.15) is 12.5 Å². The molecule has 4 nitrogen and oxygen atoms in total. The Morgan fingerprint density at radius 3 is 2.87 bits per heavy atom. The standard InChI is InChI=1S/C11H13N3O/c1-3-8-10(9-5-4-6-15-9)13-7-14-11(8)12-2/h4-7H,3H2,1-2H3,(H,12,13,14). The van der Waals surface area contributed by atoms with Crippen molar-refractivity contribution in [2.24, 2.45) is 0 Å². The van der Waals surface area contributed by atoms with Gasteiger partial charge in [-0.15, -0.1) is 0 Å². The molecular weight excluding hydrogens is 190 g/mol. The average molecular weight is 203 g/mol. The molecule has 0 spiro atoms. The summed E-state index contributed by atoms with van der Waals surface area (Å²) in [5.41, 5.74) is 1.94. The second-order valence-corrected chi connectivity index (χ2v) is 3.13. The summed E-state index contributed by atoms with van der Waals surface area (Å²) >= 11 is 0. The SMILES string of the molecule is CCc1c(NC)ncnc1-c1ccco1. The van der Waals surface area contributed by atoms with E-state index in [2.05, 4.69) is 22.2 Å². The quantitative estimate of drug-likeness (QED) is 0.831. The zero-order valence-electron chi connectivity index (χ0n) is 8.82. The first-order chi connectivity index (χ1) is 7.36. The summed E-state index contributed by atoms with van der Waals surface area (Å²) in [4.78, 5) is 8.43. The number of aromatic nitrogens is 2. The van der Waals surface area contributed by atoms with Gasteiger partial charge in [0.15, 0.2) is 5.76 Å². The van der Waals surface area contributed by atoms with E-state index in [4.69, 9.17) is 4.42 Å². The normalized spacial score (nSPS) is 10.3. The molecule has 2 aromatic rings. The molecule has 0 aliphatic carbocycles. The van der Waals surface area contributed by atoms with Gasteiger partial charge >= 0.3 is 0 Å². The Labute approximate surface area is 88.4 Å². The van der Waals surface area contributed by atoms with Crippen LogP contribution in [0.3, 0.4) is 0 Å². The lowest BCUT2D eigenvalue weighted by molar-refractivity contribution is 0.579. The Bertz CT molecular complexity index is 437. The van der Waals surface area contributed by atoms with Crippen LogP contribution in [0.25, 0.3) is 11.5 Å². The molecule has 2 heterocycles. The molecule has 0 amide bonds. The molecule has 0 saturated heterocycles. The number of nitrogens with one attached hydrogen (secondary N) is 1. The number of rotatable bonds is 3. The molecule has 4 heteroatoms. The second-order valence-electron chi connectivity index (χ2n) is 3.13. The molecule has 1 N–H and O–H groups in total. The van der Waals surface area contributed by atoms with E-state index in [0.29, 0.717) is 0 Å². The zero-order chi connectivity index (χ0) is 10.7. The summed E-state index contributed by atoms with van der Waals surface area (Å²) in [6, 6.07) is 3.76. The van der Waals surface area contributed by atoms with Crippen LogP contribution in [-0.4, -0.2) is 17.0 Å². The zero-order valence-corrected chi connectivity index (χ0v) is 8.82. The Balaban J connectivity index is 2.56. The lowest BCUT2D eigenvalue weighted by Crippen LogP contribution is -2.01. The highest BCUT2D eigenvalue weighted by Gasteiger charge is 2.12. The van der Waals surface area contributed by atoms with Gasteiger partial charge in [0.2, 0.25) is 0 Å². The van der Waals surface area contributed by atoms with Gasteiger partial charge in [-0.3, -0.25) is 0 Å². The van der Waals surface area contributed by atoms with Gasteiger partial charge in [0.05, 0.1) is 6.26 Å². The molecule has 0 aliphatic heterocycles. The fourth-order valence-electron chi connectivity index (χ4n) is 1.59. The molecule has 0 fully saturated rings. The molecule has 0 bridgehead atoms. The smallest absolute Gasteiger partial charge is 0.152 e. The number of hydrogen-bond acceptors (Lipinski definition) is 4. The van der Waals surface area contributed by atoms with E-state index in [-0.39, 0.29) is 0 Å². The van der Waals surface area contributed by atoms with Crippen LogP contribution in [-0.2, 0) is 6.42 Å². The lowest BCUT2D eigenvalue weighted by atomic mass is 10.1. The average Bonchev–Trinajstić information content (AvgIpc) is 2.81. The number of nitrogens with zero attached hydrogens (tertiary/aromatic N) is 2. The van der Waals surface area contributed by atoms with Crippen molar-refractivity contribution >= 4 is 5.82 Å². The van der Waals surface area contributed by atoms with Gasteiger partial charge in [0.25, 0.3) is 0 Å². The highest BCUT2D eigenvalue weighted by molar-refractivity contribution is 5.63. The van der Waals surface area contributed by atoms with Crippen molar-refractivity contribution in [1.29, 1.82) is 0 Å². The number of hydrogen-bond donors (Lipinski definition) is 1. The first-order valence-corrected chi connectivity index (χ1v) is 4.92. The molecule has 0 aliphatic rings. The van der Waals surface area contributed by atoms with Gasteiger partial charge < -0.3 is 9.73 Å². The van der Waals surface area contributed by atoms with E-state index in [1.165, 1.54) is 0 Å². The van der Waals surface area contributed by atoms with Crippen molar-refractivity contribution in [1.82, 2.24) is 9.97 Å². The number of furan rings is 1. The van der Waals surface area contributed by atoms with E-state index in [1.807, 2.05) is 19.2 Å². The summed E-state index contributed by atoms with van der Waals surface area (Å²) in [5, 5.41) is 3.06. The molecule has 0 saturated carbocycles. The van der Waals surface area contributed by atoms with E-state index in [9.17, 15) is 0 Å². The third-order valence-corrected chi connectivity index (χ3v) is 2.29. The van der Waals surface area contributed by atoms with Gasteiger partial charge in [-0.1, -0.05) is 6.92 Å². The fraction of sp³-hybridized carbons (Fsp3) is 0.273. The Morgan fingerprint density at radius 2 is 2.27 bits per heavy atom. The van der Waals surface area contributed by atoms with Gasteiger partial charge in [0, 0.05) is 12.6 Å². The van der Waals surface area contributed by atoms with Crippen molar-refractivity contribution < 1.29 is 4.42 Å². The minimum atomic E-state index is 0.783. The van der Waals surface area contributed by atoms with Gasteiger partial charge in [-0.05, 0) is 18.6 Å². The molecule has 0 atom stereocenters.